The number of ether oxygens (including phenoxy) is 2. The Hall–Kier alpha value is -0.740. The number of rotatable bonds is 6. The zero-order valence-corrected chi connectivity index (χ0v) is 15.3. The zero-order valence-electron chi connectivity index (χ0n) is 15.3. The fraction of sp³-hybridized carbons (Fsp3) is 0.895. The average molecular weight is 326 g/mol. The lowest BCUT2D eigenvalue weighted by atomic mass is 9.83. The van der Waals surface area contributed by atoms with Crippen LogP contribution in [0.15, 0.2) is 0 Å². The lowest BCUT2D eigenvalue weighted by molar-refractivity contribution is -0.120. The van der Waals surface area contributed by atoms with Crippen molar-refractivity contribution in [1.29, 1.82) is 0 Å². The molecule has 4 atom stereocenters. The van der Waals surface area contributed by atoms with Gasteiger partial charge in [-0.15, -0.1) is 0 Å². The molecular weight excluding hydrogens is 292 g/mol. The summed E-state index contributed by atoms with van der Waals surface area (Å²) in [6.45, 7) is 9.00. The van der Waals surface area contributed by atoms with Gasteiger partial charge in [-0.05, 0) is 58.8 Å². The Morgan fingerprint density at radius 1 is 1.00 bits per heavy atom. The molecule has 2 fully saturated rings. The molecule has 1 aliphatic heterocycles. The van der Waals surface area contributed by atoms with E-state index in [1.54, 1.807) is 13.8 Å². The molecule has 2 aliphatic rings. The third-order valence-corrected chi connectivity index (χ3v) is 4.85. The van der Waals surface area contributed by atoms with Crippen LogP contribution in [-0.4, -0.2) is 37.0 Å². The van der Waals surface area contributed by atoms with Gasteiger partial charge in [-0.1, -0.05) is 12.8 Å². The van der Waals surface area contributed by atoms with Crippen molar-refractivity contribution in [1.82, 2.24) is 0 Å². The summed E-state index contributed by atoms with van der Waals surface area (Å²) in [7, 11) is 0. The molecule has 4 heteroatoms. The second-order valence-corrected chi connectivity index (χ2v) is 6.98. The highest BCUT2D eigenvalue weighted by molar-refractivity contribution is 5.76. The van der Waals surface area contributed by atoms with Crippen molar-refractivity contribution in [3.8, 4) is 0 Å². The van der Waals surface area contributed by atoms with Crippen LogP contribution >= 0.6 is 0 Å². The van der Waals surface area contributed by atoms with E-state index >= 15 is 0 Å². The maximum atomic E-state index is 11.0. The van der Waals surface area contributed by atoms with Crippen molar-refractivity contribution in [3.05, 3.63) is 0 Å². The van der Waals surface area contributed by atoms with Crippen LogP contribution in [0, 0.1) is 11.8 Å². The SMILES string of the molecule is CC(=O)CC1CCOC1C.CCOC1CCCCC1CC(C)=O. The minimum atomic E-state index is 0.280. The van der Waals surface area contributed by atoms with Crippen LogP contribution in [0.4, 0.5) is 0 Å². The standard InChI is InChI=1S/C11H20O2.C8H14O2/c1-3-13-11-7-5-4-6-10(11)8-9(2)12;1-6(9)5-8-3-4-10-7(8)2/h10-11H,3-8H2,1-2H3;7-8H,3-5H2,1-2H3. The van der Waals surface area contributed by atoms with E-state index in [0.29, 0.717) is 42.7 Å². The van der Waals surface area contributed by atoms with Crippen LogP contribution in [0.25, 0.3) is 0 Å². The van der Waals surface area contributed by atoms with Crippen LogP contribution < -0.4 is 0 Å². The van der Waals surface area contributed by atoms with Crippen LogP contribution in [0.1, 0.15) is 72.6 Å². The van der Waals surface area contributed by atoms with Crippen LogP contribution in [0.2, 0.25) is 0 Å². The van der Waals surface area contributed by atoms with Gasteiger partial charge in [0.05, 0.1) is 12.2 Å². The minimum Gasteiger partial charge on any atom is -0.378 e. The molecule has 0 spiro atoms. The van der Waals surface area contributed by atoms with Gasteiger partial charge in [-0.25, -0.2) is 0 Å². The molecular formula is C19H34O4. The van der Waals surface area contributed by atoms with Gasteiger partial charge in [0.1, 0.15) is 11.6 Å². The molecule has 1 saturated carbocycles. The van der Waals surface area contributed by atoms with Crippen molar-refractivity contribution in [2.75, 3.05) is 13.2 Å². The highest BCUT2D eigenvalue weighted by Crippen LogP contribution is 2.29. The molecule has 23 heavy (non-hydrogen) atoms. The van der Waals surface area contributed by atoms with E-state index in [9.17, 15) is 9.59 Å². The van der Waals surface area contributed by atoms with Crippen LogP contribution in [0.3, 0.4) is 0 Å². The summed E-state index contributed by atoms with van der Waals surface area (Å²) >= 11 is 0. The number of Topliss-reactive ketones (excluding diaryl/α,β-unsaturated/α-hetero) is 2. The number of hydrogen-bond acceptors (Lipinski definition) is 4. The summed E-state index contributed by atoms with van der Waals surface area (Å²) in [5.74, 6) is 1.56. The Labute approximate surface area is 141 Å². The van der Waals surface area contributed by atoms with Crippen molar-refractivity contribution in [2.24, 2.45) is 11.8 Å². The molecule has 134 valence electrons. The molecule has 0 amide bonds. The minimum absolute atomic E-state index is 0.280. The fourth-order valence-electron chi connectivity index (χ4n) is 3.62. The van der Waals surface area contributed by atoms with Crippen molar-refractivity contribution < 1.29 is 19.1 Å². The zero-order chi connectivity index (χ0) is 17.2. The Morgan fingerprint density at radius 3 is 2.13 bits per heavy atom. The van der Waals surface area contributed by atoms with E-state index in [4.69, 9.17) is 9.47 Å². The van der Waals surface area contributed by atoms with Gasteiger partial charge in [-0.2, -0.15) is 0 Å². The van der Waals surface area contributed by atoms with Gasteiger partial charge in [0.15, 0.2) is 0 Å². The van der Waals surface area contributed by atoms with Gasteiger partial charge in [0.2, 0.25) is 0 Å². The molecule has 0 radical (unpaired) electrons. The first-order valence-electron chi connectivity index (χ1n) is 9.16. The maximum absolute atomic E-state index is 11.0. The van der Waals surface area contributed by atoms with Gasteiger partial charge < -0.3 is 19.1 Å². The molecule has 0 bridgehead atoms. The van der Waals surface area contributed by atoms with Crippen LogP contribution in [0.5, 0.6) is 0 Å². The van der Waals surface area contributed by atoms with Crippen molar-refractivity contribution in [3.63, 3.8) is 0 Å². The number of ketones is 2. The summed E-state index contributed by atoms with van der Waals surface area (Å²) < 4.78 is 11.0. The lowest BCUT2D eigenvalue weighted by Crippen LogP contribution is -2.29. The second-order valence-electron chi connectivity index (χ2n) is 6.98. The summed E-state index contributed by atoms with van der Waals surface area (Å²) in [5.41, 5.74) is 0. The summed E-state index contributed by atoms with van der Waals surface area (Å²) in [6, 6.07) is 0. The highest BCUT2D eigenvalue weighted by atomic mass is 16.5. The predicted octanol–water partition coefficient (Wildman–Crippen LogP) is 3.95. The maximum Gasteiger partial charge on any atom is 0.130 e. The van der Waals surface area contributed by atoms with E-state index in [2.05, 4.69) is 0 Å². The summed E-state index contributed by atoms with van der Waals surface area (Å²) in [6.07, 6.45) is 7.95. The monoisotopic (exact) mass is 326 g/mol. The van der Waals surface area contributed by atoms with E-state index < -0.39 is 0 Å². The predicted molar refractivity (Wildman–Crippen MR) is 91.5 cm³/mol. The van der Waals surface area contributed by atoms with E-state index in [1.165, 1.54) is 19.3 Å². The molecule has 1 saturated heterocycles. The van der Waals surface area contributed by atoms with E-state index in [-0.39, 0.29) is 5.78 Å². The number of carbonyl (C=O) groups is 2. The van der Waals surface area contributed by atoms with Gasteiger partial charge in [0.25, 0.3) is 0 Å². The lowest BCUT2D eigenvalue weighted by Gasteiger charge is -2.30. The van der Waals surface area contributed by atoms with E-state index in [1.807, 2.05) is 13.8 Å². The summed E-state index contributed by atoms with van der Waals surface area (Å²) in [5, 5.41) is 0. The van der Waals surface area contributed by atoms with Gasteiger partial charge >= 0.3 is 0 Å². The first-order chi connectivity index (χ1) is 10.9. The first kappa shape index (κ1) is 20.3. The van der Waals surface area contributed by atoms with Gasteiger partial charge in [-0.3, -0.25) is 0 Å². The largest absolute Gasteiger partial charge is 0.378 e. The average Bonchev–Trinajstić information content (AvgIpc) is 2.86. The van der Waals surface area contributed by atoms with E-state index in [0.717, 1.165) is 26.1 Å². The molecule has 0 aromatic heterocycles. The van der Waals surface area contributed by atoms with Crippen molar-refractivity contribution in [2.45, 2.75) is 84.8 Å². The molecule has 0 aromatic carbocycles. The molecule has 0 aromatic rings. The van der Waals surface area contributed by atoms with Crippen molar-refractivity contribution >= 4 is 11.6 Å². The number of carbonyl (C=O) groups excluding carboxylic acids is 2. The molecule has 4 unspecified atom stereocenters. The van der Waals surface area contributed by atoms with Gasteiger partial charge in [0, 0.05) is 26.1 Å². The third kappa shape index (κ3) is 8.07. The topological polar surface area (TPSA) is 52.6 Å². The van der Waals surface area contributed by atoms with Crippen LogP contribution in [-0.2, 0) is 19.1 Å². The summed E-state index contributed by atoms with van der Waals surface area (Å²) in [4.78, 5) is 21.7. The smallest absolute Gasteiger partial charge is 0.130 e. The third-order valence-electron chi connectivity index (χ3n) is 4.85. The molecule has 1 heterocycles. The second kappa shape index (κ2) is 10.9. The Bertz CT molecular complexity index is 364. The molecule has 4 nitrogen and oxygen atoms in total. The molecule has 2 rings (SSSR count). The Kier molecular flexibility index (Phi) is 9.65. The Morgan fingerprint density at radius 2 is 1.61 bits per heavy atom. The normalized spacial score (nSPS) is 30.4. The number of hydrogen-bond donors (Lipinski definition) is 0. The fourth-order valence-corrected chi connectivity index (χ4v) is 3.62. The first-order valence-corrected chi connectivity index (χ1v) is 9.16. The Balaban J connectivity index is 0.000000238. The highest BCUT2D eigenvalue weighted by Gasteiger charge is 2.26. The molecule has 0 N–H and O–H groups in total. The quantitative estimate of drug-likeness (QED) is 0.741. The molecule has 1 aliphatic carbocycles.